The molecule has 0 bridgehead atoms. The molecule has 0 fully saturated rings. The van der Waals surface area contributed by atoms with E-state index in [0.717, 1.165) is 15.7 Å². The Morgan fingerprint density at radius 1 is 1.06 bits per heavy atom. The van der Waals surface area contributed by atoms with E-state index in [0.29, 0.717) is 16.3 Å². The van der Waals surface area contributed by atoms with Crippen LogP contribution in [-0.4, -0.2) is 38.4 Å². The van der Waals surface area contributed by atoms with Gasteiger partial charge in [-0.2, -0.15) is 0 Å². The normalized spacial score (nSPS) is 11.3. The zero-order chi connectivity index (χ0) is 23.6. The first-order valence-corrected chi connectivity index (χ1v) is 11.5. The lowest BCUT2D eigenvalue weighted by atomic mass is 10.1. The van der Waals surface area contributed by atoms with Crippen molar-refractivity contribution in [3.63, 3.8) is 0 Å². The maximum absolute atomic E-state index is 13.0. The number of ketones is 1. The van der Waals surface area contributed by atoms with Crippen molar-refractivity contribution in [2.75, 3.05) is 18.0 Å². The van der Waals surface area contributed by atoms with E-state index in [-0.39, 0.29) is 16.2 Å². The van der Waals surface area contributed by atoms with Gasteiger partial charge in [-0.15, -0.1) is 0 Å². The molecule has 0 unspecified atom stereocenters. The molecule has 0 atom stereocenters. The molecule has 1 heterocycles. The van der Waals surface area contributed by atoms with Crippen LogP contribution in [0.1, 0.15) is 32.1 Å². The van der Waals surface area contributed by atoms with Gasteiger partial charge in [0, 0.05) is 36.1 Å². The monoisotopic (exact) mass is 474 g/mol. The van der Waals surface area contributed by atoms with Gasteiger partial charge in [-0.25, -0.2) is 13.2 Å². The summed E-state index contributed by atoms with van der Waals surface area (Å²) in [6.45, 7) is 3.25. The lowest BCUT2D eigenvalue weighted by Crippen LogP contribution is -2.26. The second-order valence-electron chi connectivity index (χ2n) is 7.32. The second kappa shape index (κ2) is 9.18. The molecule has 0 spiro atoms. The molecule has 0 aliphatic rings. The van der Waals surface area contributed by atoms with E-state index in [1.54, 1.807) is 24.3 Å². The van der Waals surface area contributed by atoms with E-state index in [4.69, 9.17) is 16.3 Å². The van der Waals surface area contributed by atoms with Gasteiger partial charge in [0.15, 0.2) is 6.61 Å². The van der Waals surface area contributed by atoms with Crippen LogP contribution in [0.25, 0.3) is 0 Å². The fraction of sp³-hybridized carbons (Fsp3) is 0.217. The number of hydrogen-bond acceptors (Lipinski definition) is 5. The van der Waals surface area contributed by atoms with Crippen molar-refractivity contribution in [3.05, 3.63) is 82.1 Å². The largest absolute Gasteiger partial charge is 0.454 e. The minimum Gasteiger partial charge on any atom is -0.454 e. The highest BCUT2D eigenvalue weighted by Gasteiger charge is 2.23. The highest BCUT2D eigenvalue weighted by atomic mass is 35.5. The molecule has 0 N–H and O–H groups in total. The number of ether oxygens (including phenoxy) is 1. The smallest absolute Gasteiger partial charge is 0.338 e. The maximum Gasteiger partial charge on any atom is 0.338 e. The Kier molecular flexibility index (Phi) is 6.76. The van der Waals surface area contributed by atoms with E-state index in [2.05, 4.69) is 0 Å². The number of halogens is 1. The molecule has 7 nitrogen and oxygen atoms in total. The maximum atomic E-state index is 13.0. The third kappa shape index (κ3) is 4.71. The van der Waals surface area contributed by atoms with Crippen LogP contribution < -0.4 is 4.31 Å². The number of benzene rings is 2. The number of sulfonamides is 1. The van der Waals surface area contributed by atoms with Gasteiger partial charge in [-0.1, -0.05) is 23.7 Å². The molecule has 3 rings (SSSR count). The van der Waals surface area contributed by atoms with Crippen molar-refractivity contribution in [1.82, 2.24) is 4.57 Å². The SMILES string of the molecule is Cc1cc(C(=O)COC(=O)c2cccc(S(=O)(=O)N(C)c3cccc(Cl)c3)c2)c(C)n1C. The predicted molar refractivity (Wildman–Crippen MR) is 123 cm³/mol. The quantitative estimate of drug-likeness (QED) is 0.379. The minimum absolute atomic E-state index is 0.0272. The third-order valence-corrected chi connectivity index (χ3v) is 7.33. The molecule has 1 aromatic heterocycles. The van der Waals surface area contributed by atoms with Crippen molar-refractivity contribution < 1.29 is 22.7 Å². The Morgan fingerprint density at radius 2 is 1.75 bits per heavy atom. The average molecular weight is 475 g/mol. The van der Waals surface area contributed by atoms with Crippen molar-refractivity contribution in [1.29, 1.82) is 0 Å². The summed E-state index contributed by atoms with van der Waals surface area (Å²) < 4.78 is 34.1. The molecular formula is C23H23ClN2O5S. The number of rotatable bonds is 7. The Morgan fingerprint density at radius 3 is 2.38 bits per heavy atom. The Bertz CT molecular complexity index is 1300. The summed E-state index contributed by atoms with van der Waals surface area (Å²) >= 11 is 5.96. The molecule has 0 amide bonds. The molecule has 3 aromatic rings. The summed E-state index contributed by atoms with van der Waals surface area (Å²) in [6.07, 6.45) is 0. The van der Waals surface area contributed by atoms with Crippen LogP contribution in [0, 0.1) is 13.8 Å². The highest BCUT2D eigenvalue weighted by molar-refractivity contribution is 7.92. The predicted octanol–water partition coefficient (Wildman–Crippen LogP) is 4.16. The summed E-state index contributed by atoms with van der Waals surface area (Å²) in [5.41, 5.74) is 2.58. The molecule has 0 saturated heterocycles. The van der Waals surface area contributed by atoms with Gasteiger partial charge in [0.25, 0.3) is 10.0 Å². The van der Waals surface area contributed by atoms with Gasteiger partial charge in [-0.3, -0.25) is 9.10 Å². The van der Waals surface area contributed by atoms with Crippen LogP contribution in [-0.2, 0) is 21.8 Å². The molecule has 168 valence electrons. The number of aromatic nitrogens is 1. The van der Waals surface area contributed by atoms with Gasteiger partial charge in [0.05, 0.1) is 16.1 Å². The Balaban J connectivity index is 1.77. The van der Waals surface area contributed by atoms with Gasteiger partial charge >= 0.3 is 5.97 Å². The number of carbonyl (C=O) groups is 2. The first-order chi connectivity index (χ1) is 15.0. The zero-order valence-electron chi connectivity index (χ0n) is 18.1. The van der Waals surface area contributed by atoms with Gasteiger partial charge in [0.1, 0.15) is 0 Å². The fourth-order valence-electron chi connectivity index (χ4n) is 3.18. The first-order valence-electron chi connectivity index (χ1n) is 9.70. The van der Waals surface area contributed by atoms with Crippen molar-refractivity contribution >= 4 is 39.1 Å². The summed E-state index contributed by atoms with van der Waals surface area (Å²) in [6, 6.07) is 13.6. The van der Waals surface area contributed by atoms with Gasteiger partial charge in [-0.05, 0) is 56.3 Å². The zero-order valence-corrected chi connectivity index (χ0v) is 19.7. The topological polar surface area (TPSA) is 85.7 Å². The summed E-state index contributed by atoms with van der Waals surface area (Å²) in [4.78, 5) is 24.9. The highest BCUT2D eigenvalue weighted by Crippen LogP contribution is 2.25. The van der Waals surface area contributed by atoms with E-state index in [1.807, 2.05) is 25.5 Å². The first kappa shape index (κ1) is 23.6. The number of Topliss-reactive ketones (excluding diaryl/α,β-unsaturated/α-hetero) is 1. The Hall–Kier alpha value is -3.10. The van der Waals surface area contributed by atoms with Crippen molar-refractivity contribution in [3.8, 4) is 0 Å². The van der Waals surface area contributed by atoms with E-state index in [9.17, 15) is 18.0 Å². The van der Waals surface area contributed by atoms with Crippen LogP contribution in [0.4, 0.5) is 5.69 Å². The van der Waals surface area contributed by atoms with Crippen molar-refractivity contribution in [2.45, 2.75) is 18.7 Å². The third-order valence-electron chi connectivity index (χ3n) is 5.31. The number of nitrogens with zero attached hydrogens (tertiary/aromatic N) is 2. The standard InChI is InChI=1S/C23H23ClN2O5S/c1-15-11-21(16(2)25(15)3)22(27)14-31-23(28)17-7-5-10-20(12-17)32(29,30)26(4)19-9-6-8-18(24)13-19/h5-13H,14H2,1-4H3. The van der Waals surface area contributed by atoms with Crippen LogP contribution >= 0.6 is 11.6 Å². The summed E-state index contributed by atoms with van der Waals surface area (Å²) in [5, 5.41) is 0.399. The fourth-order valence-corrected chi connectivity index (χ4v) is 4.60. The molecular weight excluding hydrogens is 452 g/mol. The number of anilines is 1. The minimum atomic E-state index is -3.95. The van der Waals surface area contributed by atoms with Crippen LogP contribution in [0.2, 0.25) is 5.02 Å². The summed E-state index contributed by atoms with van der Waals surface area (Å²) in [7, 11) is -0.705. The Labute approximate surface area is 192 Å². The molecule has 0 radical (unpaired) electrons. The molecule has 0 saturated carbocycles. The van der Waals surface area contributed by atoms with E-state index < -0.39 is 22.6 Å². The molecule has 0 aliphatic carbocycles. The van der Waals surface area contributed by atoms with E-state index >= 15 is 0 Å². The van der Waals surface area contributed by atoms with Crippen LogP contribution in [0.15, 0.2) is 59.5 Å². The van der Waals surface area contributed by atoms with Gasteiger partial charge in [0.2, 0.25) is 5.78 Å². The second-order valence-corrected chi connectivity index (χ2v) is 9.73. The number of aryl methyl sites for hydroxylation is 1. The molecule has 32 heavy (non-hydrogen) atoms. The van der Waals surface area contributed by atoms with Crippen molar-refractivity contribution in [2.24, 2.45) is 7.05 Å². The van der Waals surface area contributed by atoms with Crippen LogP contribution in [0.5, 0.6) is 0 Å². The molecule has 2 aromatic carbocycles. The molecule has 9 heteroatoms. The molecule has 0 aliphatic heterocycles. The average Bonchev–Trinajstić information content (AvgIpc) is 3.04. The van der Waals surface area contributed by atoms with Crippen LogP contribution in [0.3, 0.4) is 0 Å². The van der Waals surface area contributed by atoms with E-state index in [1.165, 1.54) is 37.4 Å². The lowest BCUT2D eigenvalue weighted by Gasteiger charge is -2.20. The summed E-state index contributed by atoms with van der Waals surface area (Å²) in [5.74, 6) is -1.12. The van der Waals surface area contributed by atoms with Gasteiger partial charge < -0.3 is 9.30 Å². The number of esters is 1. The number of hydrogen-bond donors (Lipinski definition) is 0. The lowest BCUT2D eigenvalue weighted by molar-refractivity contribution is 0.0474. The number of carbonyl (C=O) groups excluding carboxylic acids is 2.